The molecule has 0 spiro atoms. The van der Waals surface area contributed by atoms with Gasteiger partial charge in [-0.3, -0.25) is 4.99 Å². The van der Waals surface area contributed by atoms with E-state index >= 15 is 0 Å². The van der Waals surface area contributed by atoms with Gasteiger partial charge < -0.3 is 5.32 Å². The molecule has 1 N–H and O–H groups in total. The maximum atomic E-state index is 4.54. The zero-order valence-electron chi connectivity index (χ0n) is 17.6. The Morgan fingerprint density at radius 3 is 2.35 bits per heavy atom. The summed E-state index contributed by atoms with van der Waals surface area (Å²) < 4.78 is 4.40. The molecule has 0 aliphatic rings. The number of nitrogens with zero attached hydrogens (tertiary/aromatic N) is 2. The van der Waals surface area contributed by atoms with E-state index in [1.165, 1.54) is 11.5 Å². The molecule has 0 radical (unpaired) electrons. The molecule has 0 saturated heterocycles. The lowest BCUT2D eigenvalue weighted by Gasteiger charge is -2.34. The maximum Gasteiger partial charge on any atom is 0.110 e. The number of hydrogen-bond donors (Lipinski definition) is 1. The van der Waals surface area contributed by atoms with Crippen molar-refractivity contribution in [2.75, 3.05) is 5.32 Å². The number of rotatable bonds is 8. The molecule has 4 heteroatoms. The van der Waals surface area contributed by atoms with Crippen LogP contribution in [0.3, 0.4) is 0 Å². The summed E-state index contributed by atoms with van der Waals surface area (Å²) in [5, 5.41) is 4.77. The van der Waals surface area contributed by atoms with Crippen molar-refractivity contribution in [2.45, 2.75) is 67.5 Å². The van der Waals surface area contributed by atoms with Crippen molar-refractivity contribution in [2.24, 2.45) is 16.3 Å². The number of aromatic nitrogens is 1. The Morgan fingerprint density at radius 2 is 1.92 bits per heavy atom. The van der Waals surface area contributed by atoms with Gasteiger partial charge in [0.05, 0.1) is 5.69 Å². The topological polar surface area (TPSA) is 37.3 Å². The minimum Gasteiger partial charge on any atom is -0.369 e. The third kappa shape index (κ3) is 6.91. The van der Waals surface area contributed by atoms with Crippen LogP contribution in [0, 0.1) is 18.3 Å². The van der Waals surface area contributed by atoms with Crippen LogP contribution in [0.5, 0.6) is 0 Å². The van der Waals surface area contributed by atoms with Crippen LogP contribution in [0.4, 0.5) is 5.00 Å². The zero-order valence-corrected chi connectivity index (χ0v) is 18.4. The molecule has 0 fully saturated rings. The Labute approximate surface area is 164 Å². The number of allylic oxidation sites excluding steroid dienone is 4. The third-order valence-electron chi connectivity index (χ3n) is 4.58. The van der Waals surface area contributed by atoms with Gasteiger partial charge in [0, 0.05) is 18.3 Å². The third-order valence-corrected chi connectivity index (χ3v) is 5.39. The monoisotopic (exact) mass is 373 g/mol. The fraction of sp³-hybridized carbons (Fsp3) is 0.545. The van der Waals surface area contributed by atoms with Crippen LogP contribution in [-0.4, -0.2) is 22.7 Å². The van der Waals surface area contributed by atoms with E-state index in [9.17, 15) is 0 Å². The summed E-state index contributed by atoms with van der Waals surface area (Å²) in [5.41, 5.74) is 3.42. The van der Waals surface area contributed by atoms with Crippen molar-refractivity contribution in [3.8, 4) is 0 Å². The SMILES string of the molecule is C=CC(=C\C(Nc1cc(C)ns1)C(C)C(C)(C)C)/C(C=NC(C)C)=C/C. The number of aryl methyl sites for hydroxylation is 1. The standard InChI is InChI=1S/C22H35N3S/c1-10-18(19(11-2)14-23-15(3)4)13-20(17(6)22(7,8)9)24-21-12-16(5)25-26-21/h10-15,17,20,24H,1H2,2-9H3/b18-13+,19-11+,23-14?. The molecule has 0 amide bonds. The summed E-state index contributed by atoms with van der Waals surface area (Å²) in [7, 11) is 0. The fourth-order valence-electron chi connectivity index (χ4n) is 2.47. The van der Waals surface area contributed by atoms with E-state index in [2.05, 4.69) is 81.0 Å². The van der Waals surface area contributed by atoms with Gasteiger partial charge >= 0.3 is 0 Å². The predicted molar refractivity (Wildman–Crippen MR) is 119 cm³/mol. The van der Waals surface area contributed by atoms with Gasteiger partial charge in [-0.1, -0.05) is 52.5 Å². The van der Waals surface area contributed by atoms with Crippen LogP contribution in [-0.2, 0) is 0 Å². The minimum atomic E-state index is 0.169. The summed E-state index contributed by atoms with van der Waals surface area (Å²) in [6.45, 7) is 21.4. The molecule has 1 aromatic rings. The molecule has 2 atom stereocenters. The number of nitrogens with one attached hydrogen (secondary N) is 1. The van der Waals surface area contributed by atoms with Crippen molar-refractivity contribution in [1.29, 1.82) is 0 Å². The fourth-order valence-corrected chi connectivity index (χ4v) is 3.17. The number of anilines is 1. The molecular weight excluding hydrogens is 338 g/mol. The first-order valence-corrected chi connectivity index (χ1v) is 10.1. The average Bonchev–Trinajstić information content (AvgIpc) is 2.96. The smallest absolute Gasteiger partial charge is 0.110 e. The summed E-state index contributed by atoms with van der Waals surface area (Å²) in [6, 6.07) is 2.55. The van der Waals surface area contributed by atoms with E-state index in [0.29, 0.717) is 5.92 Å². The van der Waals surface area contributed by atoms with Gasteiger partial charge in [0.15, 0.2) is 0 Å². The second-order valence-corrected chi connectivity index (χ2v) is 8.90. The highest BCUT2D eigenvalue weighted by molar-refractivity contribution is 7.10. The van der Waals surface area contributed by atoms with E-state index in [0.717, 1.165) is 21.8 Å². The van der Waals surface area contributed by atoms with E-state index in [1.807, 2.05) is 26.1 Å². The Balaban J connectivity index is 3.25. The second-order valence-electron chi connectivity index (χ2n) is 8.10. The first-order chi connectivity index (χ1) is 12.1. The lowest BCUT2D eigenvalue weighted by atomic mass is 9.77. The first-order valence-electron chi connectivity index (χ1n) is 9.32. The predicted octanol–water partition coefficient (Wildman–Crippen LogP) is 6.45. The molecule has 0 bridgehead atoms. The Bertz CT molecular complexity index is 672. The molecule has 0 aliphatic heterocycles. The summed E-state index contributed by atoms with van der Waals surface area (Å²) in [4.78, 5) is 4.54. The molecule has 26 heavy (non-hydrogen) atoms. The van der Waals surface area contributed by atoms with Crippen LogP contribution in [0.1, 0.15) is 54.2 Å². The summed E-state index contributed by atoms with van der Waals surface area (Å²) in [6.07, 6.45) is 8.24. The van der Waals surface area contributed by atoms with E-state index < -0.39 is 0 Å². The molecule has 1 heterocycles. The maximum absolute atomic E-state index is 4.54. The highest BCUT2D eigenvalue weighted by atomic mass is 32.1. The van der Waals surface area contributed by atoms with Crippen LogP contribution < -0.4 is 5.32 Å². The lowest BCUT2D eigenvalue weighted by Crippen LogP contribution is -2.34. The molecule has 0 aromatic carbocycles. The highest BCUT2D eigenvalue weighted by Crippen LogP contribution is 2.32. The minimum absolute atomic E-state index is 0.169. The molecule has 3 nitrogen and oxygen atoms in total. The van der Waals surface area contributed by atoms with Crippen molar-refractivity contribution in [3.63, 3.8) is 0 Å². The van der Waals surface area contributed by atoms with Crippen LogP contribution >= 0.6 is 11.5 Å². The van der Waals surface area contributed by atoms with Crippen molar-refractivity contribution in [1.82, 2.24) is 4.37 Å². The number of aliphatic imine (C=N–C) groups is 1. The van der Waals surface area contributed by atoms with Crippen molar-refractivity contribution < 1.29 is 0 Å². The first kappa shape index (κ1) is 22.4. The van der Waals surface area contributed by atoms with Gasteiger partial charge in [-0.15, -0.1) is 0 Å². The van der Waals surface area contributed by atoms with Crippen molar-refractivity contribution in [3.05, 3.63) is 47.7 Å². The normalized spacial score (nSPS) is 16.2. The molecule has 1 rings (SSSR count). The summed E-state index contributed by atoms with van der Waals surface area (Å²) in [5.74, 6) is 0.417. The highest BCUT2D eigenvalue weighted by Gasteiger charge is 2.28. The molecule has 2 unspecified atom stereocenters. The van der Waals surface area contributed by atoms with Crippen LogP contribution in [0.15, 0.2) is 47.0 Å². The number of hydrogen-bond acceptors (Lipinski definition) is 4. The Kier molecular flexibility index (Phi) is 8.48. The van der Waals surface area contributed by atoms with E-state index in [-0.39, 0.29) is 17.5 Å². The van der Waals surface area contributed by atoms with E-state index in [1.54, 1.807) is 0 Å². The molecule has 0 saturated carbocycles. The van der Waals surface area contributed by atoms with Gasteiger partial charge in [-0.2, -0.15) is 4.37 Å². The molecule has 0 aliphatic carbocycles. The van der Waals surface area contributed by atoms with Crippen molar-refractivity contribution >= 4 is 22.7 Å². The average molecular weight is 374 g/mol. The molecular formula is C22H35N3S. The Morgan fingerprint density at radius 1 is 1.27 bits per heavy atom. The van der Waals surface area contributed by atoms with Gasteiger partial charge in [0.25, 0.3) is 0 Å². The lowest BCUT2D eigenvalue weighted by molar-refractivity contribution is 0.250. The van der Waals surface area contributed by atoms with E-state index in [4.69, 9.17) is 0 Å². The molecule has 1 aromatic heterocycles. The Hall–Kier alpha value is -1.68. The van der Waals surface area contributed by atoms with Gasteiger partial charge in [0.1, 0.15) is 5.00 Å². The summed E-state index contributed by atoms with van der Waals surface area (Å²) >= 11 is 1.51. The van der Waals surface area contributed by atoms with Gasteiger partial charge in [-0.05, 0) is 67.8 Å². The molecule has 144 valence electrons. The quantitative estimate of drug-likeness (QED) is 0.420. The second kappa shape index (κ2) is 9.86. The van der Waals surface area contributed by atoms with Crippen LogP contribution in [0.2, 0.25) is 0 Å². The van der Waals surface area contributed by atoms with Gasteiger partial charge in [-0.25, -0.2) is 0 Å². The largest absolute Gasteiger partial charge is 0.369 e. The van der Waals surface area contributed by atoms with Crippen LogP contribution in [0.25, 0.3) is 0 Å². The zero-order chi connectivity index (χ0) is 19.9. The van der Waals surface area contributed by atoms with Gasteiger partial charge in [0.2, 0.25) is 0 Å².